The standard InChI is InChI=1S/C24H28N4O2S/c29-23(22-11-5-13-27(22)12-4-7-18-15-30-16-18)26-24-25-20(17-31-24)21-10-6-14-28(21)19-8-2-1-3-9-19/h1-3,5,8-9,11,13,17-18,21H,4,6-7,10,12,14-16H2,(H,25,26,29). The van der Waals surface area contributed by atoms with E-state index in [0.717, 1.165) is 57.7 Å². The number of para-hydroxylation sites is 1. The maximum Gasteiger partial charge on any atom is 0.274 e. The number of carbonyl (C=O) groups excluding carboxylic acids is 1. The minimum atomic E-state index is -0.0933. The van der Waals surface area contributed by atoms with Crippen LogP contribution in [-0.4, -0.2) is 35.2 Å². The van der Waals surface area contributed by atoms with Gasteiger partial charge in [-0.05, 0) is 49.9 Å². The fourth-order valence-corrected chi connectivity index (χ4v) is 5.23. The highest BCUT2D eigenvalue weighted by Crippen LogP contribution is 2.37. The molecule has 4 heterocycles. The summed E-state index contributed by atoms with van der Waals surface area (Å²) in [7, 11) is 0. The fourth-order valence-electron chi connectivity index (χ4n) is 4.48. The molecule has 0 radical (unpaired) electrons. The van der Waals surface area contributed by atoms with Gasteiger partial charge in [0.1, 0.15) is 5.69 Å². The van der Waals surface area contributed by atoms with Crippen LogP contribution in [0.15, 0.2) is 54.0 Å². The van der Waals surface area contributed by atoms with Crippen LogP contribution in [0.2, 0.25) is 0 Å². The Morgan fingerprint density at radius 2 is 2.06 bits per heavy atom. The number of hydrogen-bond acceptors (Lipinski definition) is 5. The summed E-state index contributed by atoms with van der Waals surface area (Å²) in [4.78, 5) is 20.1. The molecular formula is C24H28N4O2S. The number of hydrogen-bond donors (Lipinski definition) is 1. The lowest BCUT2D eigenvalue weighted by atomic mass is 10.0. The zero-order chi connectivity index (χ0) is 21.0. The molecule has 2 saturated heterocycles. The number of aryl methyl sites for hydroxylation is 1. The Morgan fingerprint density at radius 3 is 2.87 bits per heavy atom. The fraction of sp³-hybridized carbons (Fsp3) is 0.417. The Morgan fingerprint density at radius 1 is 1.19 bits per heavy atom. The van der Waals surface area contributed by atoms with Gasteiger partial charge in [-0.1, -0.05) is 18.2 Å². The second-order valence-electron chi connectivity index (χ2n) is 8.35. The Labute approximate surface area is 186 Å². The zero-order valence-corrected chi connectivity index (χ0v) is 18.4. The van der Waals surface area contributed by atoms with Crippen LogP contribution < -0.4 is 10.2 Å². The second-order valence-corrected chi connectivity index (χ2v) is 9.21. The highest BCUT2D eigenvalue weighted by atomic mass is 32.1. The summed E-state index contributed by atoms with van der Waals surface area (Å²) in [5.41, 5.74) is 2.96. The van der Waals surface area contributed by atoms with E-state index in [2.05, 4.69) is 39.9 Å². The number of benzene rings is 1. The molecule has 7 heteroatoms. The van der Waals surface area contributed by atoms with Crippen LogP contribution in [0.1, 0.15) is 47.9 Å². The van der Waals surface area contributed by atoms with Crippen molar-refractivity contribution in [1.29, 1.82) is 0 Å². The largest absolute Gasteiger partial charge is 0.381 e. The number of amides is 1. The molecule has 1 atom stereocenters. The predicted octanol–water partition coefficient (Wildman–Crippen LogP) is 4.97. The van der Waals surface area contributed by atoms with Crippen molar-refractivity contribution in [3.8, 4) is 0 Å². The number of nitrogens with one attached hydrogen (secondary N) is 1. The Balaban J connectivity index is 1.22. The van der Waals surface area contributed by atoms with Crippen LogP contribution in [0.5, 0.6) is 0 Å². The molecule has 31 heavy (non-hydrogen) atoms. The van der Waals surface area contributed by atoms with Gasteiger partial charge in [-0.15, -0.1) is 11.3 Å². The van der Waals surface area contributed by atoms with Gasteiger partial charge in [0.2, 0.25) is 0 Å². The molecule has 0 saturated carbocycles. The number of carbonyl (C=O) groups is 1. The van der Waals surface area contributed by atoms with Gasteiger partial charge in [0.25, 0.3) is 5.91 Å². The predicted molar refractivity (Wildman–Crippen MR) is 124 cm³/mol. The van der Waals surface area contributed by atoms with Gasteiger partial charge in [-0.25, -0.2) is 4.98 Å². The van der Waals surface area contributed by atoms with Crippen LogP contribution in [-0.2, 0) is 11.3 Å². The smallest absolute Gasteiger partial charge is 0.274 e. The molecule has 2 aliphatic rings. The average Bonchev–Trinajstić information content (AvgIpc) is 3.50. The normalized spacial score (nSPS) is 18.8. The summed E-state index contributed by atoms with van der Waals surface area (Å²) in [5.74, 6) is 0.594. The number of nitrogens with zero attached hydrogens (tertiary/aromatic N) is 3. The van der Waals surface area contributed by atoms with Gasteiger partial charge in [-0.3, -0.25) is 10.1 Å². The number of aromatic nitrogens is 2. The van der Waals surface area contributed by atoms with Crippen LogP contribution >= 0.6 is 11.3 Å². The van der Waals surface area contributed by atoms with Gasteiger partial charge in [0.05, 0.1) is 24.9 Å². The van der Waals surface area contributed by atoms with E-state index in [-0.39, 0.29) is 11.9 Å². The molecule has 6 nitrogen and oxygen atoms in total. The van der Waals surface area contributed by atoms with E-state index in [1.165, 1.54) is 17.0 Å². The quantitative estimate of drug-likeness (QED) is 0.542. The number of thiazole rings is 1. The zero-order valence-electron chi connectivity index (χ0n) is 17.6. The first kappa shape index (κ1) is 20.3. The summed E-state index contributed by atoms with van der Waals surface area (Å²) < 4.78 is 7.28. The van der Waals surface area contributed by atoms with Crippen LogP contribution in [0.25, 0.3) is 0 Å². The number of rotatable bonds is 8. The van der Waals surface area contributed by atoms with Gasteiger partial charge in [0.15, 0.2) is 5.13 Å². The molecule has 3 aromatic rings. The number of anilines is 2. The van der Waals surface area contributed by atoms with Crippen LogP contribution in [0.4, 0.5) is 10.8 Å². The highest BCUT2D eigenvalue weighted by Gasteiger charge is 2.28. The molecule has 1 amide bonds. The molecular weight excluding hydrogens is 408 g/mol. The maximum atomic E-state index is 12.9. The van der Waals surface area contributed by atoms with Crippen molar-refractivity contribution >= 4 is 28.1 Å². The van der Waals surface area contributed by atoms with E-state index in [9.17, 15) is 4.79 Å². The molecule has 5 rings (SSSR count). The minimum absolute atomic E-state index is 0.0933. The molecule has 2 fully saturated rings. The van der Waals surface area contributed by atoms with Gasteiger partial charge < -0.3 is 14.2 Å². The lowest BCUT2D eigenvalue weighted by Gasteiger charge is -2.25. The lowest BCUT2D eigenvalue weighted by Crippen LogP contribution is -2.27. The van der Waals surface area contributed by atoms with Crippen molar-refractivity contribution in [1.82, 2.24) is 9.55 Å². The first-order valence-corrected chi connectivity index (χ1v) is 12.0. The monoisotopic (exact) mass is 436 g/mol. The van der Waals surface area contributed by atoms with Crippen molar-refractivity contribution in [3.63, 3.8) is 0 Å². The molecule has 0 bridgehead atoms. The van der Waals surface area contributed by atoms with Crippen molar-refractivity contribution in [2.45, 2.75) is 38.3 Å². The topological polar surface area (TPSA) is 59.4 Å². The van der Waals surface area contributed by atoms with Gasteiger partial charge in [-0.2, -0.15) is 0 Å². The van der Waals surface area contributed by atoms with Crippen LogP contribution in [0, 0.1) is 5.92 Å². The van der Waals surface area contributed by atoms with Crippen molar-refractivity contribution in [2.75, 3.05) is 30.0 Å². The summed E-state index contributed by atoms with van der Waals surface area (Å²) in [6, 6.07) is 14.6. The lowest BCUT2D eigenvalue weighted by molar-refractivity contribution is -0.0366. The molecule has 1 aromatic carbocycles. The van der Waals surface area contributed by atoms with E-state index in [0.29, 0.717) is 16.7 Å². The van der Waals surface area contributed by atoms with E-state index < -0.39 is 0 Å². The van der Waals surface area contributed by atoms with Gasteiger partial charge in [0, 0.05) is 36.3 Å². The third-order valence-electron chi connectivity index (χ3n) is 6.21. The molecule has 162 valence electrons. The molecule has 0 aliphatic carbocycles. The first-order chi connectivity index (χ1) is 15.3. The highest BCUT2D eigenvalue weighted by molar-refractivity contribution is 7.14. The van der Waals surface area contributed by atoms with Crippen molar-refractivity contribution < 1.29 is 9.53 Å². The SMILES string of the molecule is O=C(Nc1nc(C2CCCN2c2ccccc2)cs1)c1cccn1CCCC1COC1. The molecule has 0 spiro atoms. The average molecular weight is 437 g/mol. The molecule has 1 unspecified atom stereocenters. The first-order valence-electron chi connectivity index (χ1n) is 11.1. The van der Waals surface area contributed by atoms with E-state index in [1.807, 2.05) is 29.0 Å². The Hall–Kier alpha value is -2.64. The second kappa shape index (κ2) is 9.24. The van der Waals surface area contributed by atoms with Crippen molar-refractivity contribution in [3.05, 3.63) is 65.4 Å². The molecule has 2 aliphatic heterocycles. The minimum Gasteiger partial charge on any atom is -0.381 e. The van der Waals surface area contributed by atoms with E-state index in [4.69, 9.17) is 9.72 Å². The summed E-state index contributed by atoms with van der Waals surface area (Å²) >= 11 is 1.50. The summed E-state index contributed by atoms with van der Waals surface area (Å²) in [5, 5.41) is 5.76. The summed E-state index contributed by atoms with van der Waals surface area (Å²) in [6.07, 6.45) is 6.42. The third kappa shape index (κ3) is 4.52. The van der Waals surface area contributed by atoms with E-state index in [1.54, 1.807) is 0 Å². The molecule has 2 aromatic heterocycles. The van der Waals surface area contributed by atoms with Crippen molar-refractivity contribution in [2.24, 2.45) is 5.92 Å². The van der Waals surface area contributed by atoms with Crippen LogP contribution in [0.3, 0.4) is 0 Å². The Bertz CT molecular complexity index is 1010. The maximum absolute atomic E-state index is 12.9. The Kier molecular flexibility index (Phi) is 6.04. The van der Waals surface area contributed by atoms with Gasteiger partial charge >= 0.3 is 0 Å². The third-order valence-corrected chi connectivity index (χ3v) is 6.98. The van der Waals surface area contributed by atoms with E-state index >= 15 is 0 Å². The number of ether oxygens (including phenoxy) is 1. The molecule has 1 N–H and O–H groups in total. The summed E-state index contributed by atoms with van der Waals surface area (Å²) in [6.45, 7) is 3.65.